The number of rotatable bonds is 6. The van der Waals surface area contributed by atoms with E-state index in [-0.39, 0.29) is 36.5 Å². The predicted octanol–water partition coefficient (Wildman–Crippen LogP) is 2.17. The number of likely N-dealkylation sites (tertiary alicyclic amines) is 1. The molecule has 9 nitrogen and oxygen atoms in total. The lowest BCUT2D eigenvalue weighted by molar-refractivity contribution is -0.137. The molecular weight excluding hydrogens is 432 g/mol. The van der Waals surface area contributed by atoms with Crippen LogP contribution >= 0.6 is 11.3 Å². The number of thiophene rings is 1. The van der Waals surface area contributed by atoms with Gasteiger partial charge in [0.25, 0.3) is 11.5 Å². The number of nitrogens with zero attached hydrogens (tertiary/aromatic N) is 3. The van der Waals surface area contributed by atoms with Gasteiger partial charge in [0.2, 0.25) is 0 Å². The van der Waals surface area contributed by atoms with E-state index in [1.54, 1.807) is 28.5 Å². The van der Waals surface area contributed by atoms with Crippen LogP contribution < -0.4 is 5.56 Å². The van der Waals surface area contributed by atoms with E-state index in [0.717, 1.165) is 24.0 Å². The Morgan fingerprint density at radius 2 is 2.19 bits per heavy atom. The van der Waals surface area contributed by atoms with Gasteiger partial charge in [-0.25, -0.2) is 0 Å². The molecule has 1 amide bonds. The second-order valence-corrected chi connectivity index (χ2v) is 8.22. The Morgan fingerprint density at radius 3 is 2.91 bits per heavy atom. The maximum Gasteiger partial charge on any atom is 0.270 e. The van der Waals surface area contributed by atoms with Crippen LogP contribution in [0.5, 0.6) is 5.75 Å². The molecule has 4 rings (SSSR count). The zero-order chi connectivity index (χ0) is 22.7. The lowest BCUT2D eigenvalue weighted by Gasteiger charge is -2.22. The van der Waals surface area contributed by atoms with Crippen LogP contribution in [0.3, 0.4) is 0 Å². The van der Waals surface area contributed by atoms with Crippen molar-refractivity contribution in [3.8, 4) is 22.9 Å². The van der Waals surface area contributed by atoms with Gasteiger partial charge in [0, 0.05) is 17.5 Å². The Balaban J connectivity index is 1.44. The van der Waals surface area contributed by atoms with E-state index in [2.05, 4.69) is 10.1 Å². The van der Waals surface area contributed by atoms with Crippen molar-refractivity contribution in [2.75, 3.05) is 19.8 Å². The van der Waals surface area contributed by atoms with Crippen molar-refractivity contribution in [2.24, 2.45) is 5.16 Å². The Bertz CT molecular complexity index is 1270. The first-order chi connectivity index (χ1) is 15.5. The van der Waals surface area contributed by atoms with Crippen molar-refractivity contribution < 1.29 is 19.8 Å². The molecule has 10 heteroatoms. The molecule has 164 valence electrons. The number of pyridine rings is 1. The molecule has 3 aromatic rings. The van der Waals surface area contributed by atoms with Crippen LogP contribution in [-0.4, -0.2) is 58.0 Å². The highest BCUT2D eigenvalue weighted by Gasteiger charge is 2.28. The van der Waals surface area contributed by atoms with Crippen LogP contribution in [0.25, 0.3) is 21.3 Å². The van der Waals surface area contributed by atoms with Crippen LogP contribution in [-0.2, 0) is 9.63 Å². The van der Waals surface area contributed by atoms with E-state index >= 15 is 0 Å². The molecule has 0 spiro atoms. The SMILES string of the molecule is N#Cc1c(O)c2c(-c3ccc(/C=N/OCC(=O)N4CCC[C@@H]4CO)cc3)csc2[nH]c1=O. The molecule has 0 saturated carbocycles. The van der Waals surface area contributed by atoms with Gasteiger partial charge in [-0.2, -0.15) is 5.26 Å². The molecule has 1 aliphatic rings. The number of aliphatic hydroxyl groups excluding tert-OH is 1. The molecule has 0 unspecified atom stereocenters. The number of hydrogen-bond donors (Lipinski definition) is 3. The highest BCUT2D eigenvalue weighted by atomic mass is 32.1. The van der Waals surface area contributed by atoms with Gasteiger partial charge in [-0.3, -0.25) is 9.59 Å². The Morgan fingerprint density at radius 1 is 1.41 bits per heavy atom. The number of amides is 1. The second-order valence-electron chi connectivity index (χ2n) is 7.34. The number of carbonyl (C=O) groups is 1. The predicted molar refractivity (Wildman–Crippen MR) is 120 cm³/mol. The Hall–Kier alpha value is -3.68. The summed E-state index contributed by atoms with van der Waals surface area (Å²) in [4.78, 5) is 33.9. The molecule has 1 atom stereocenters. The molecule has 1 fully saturated rings. The third-order valence-corrected chi connectivity index (χ3v) is 6.32. The molecular formula is C22H20N4O5S. The highest BCUT2D eigenvalue weighted by molar-refractivity contribution is 7.17. The van der Waals surface area contributed by atoms with Gasteiger partial charge in [-0.05, 0) is 24.0 Å². The fourth-order valence-electron chi connectivity index (χ4n) is 3.78. The number of nitriles is 1. The largest absolute Gasteiger partial charge is 0.506 e. The van der Waals surface area contributed by atoms with Crippen molar-refractivity contribution >= 4 is 33.7 Å². The lowest BCUT2D eigenvalue weighted by Crippen LogP contribution is -2.39. The lowest BCUT2D eigenvalue weighted by atomic mass is 10.0. The number of hydrogen-bond acceptors (Lipinski definition) is 8. The number of oxime groups is 1. The first kappa shape index (κ1) is 21.5. The van der Waals surface area contributed by atoms with Crippen LogP contribution in [0, 0.1) is 11.3 Å². The summed E-state index contributed by atoms with van der Waals surface area (Å²) in [5.74, 6) is -0.527. The smallest absolute Gasteiger partial charge is 0.270 e. The number of aliphatic hydroxyl groups is 1. The van der Waals surface area contributed by atoms with Crippen molar-refractivity contribution in [3.05, 3.63) is 51.1 Å². The van der Waals surface area contributed by atoms with Crippen LogP contribution in [0.2, 0.25) is 0 Å². The number of benzene rings is 1. The van der Waals surface area contributed by atoms with Crippen LogP contribution in [0.1, 0.15) is 24.0 Å². The molecule has 3 N–H and O–H groups in total. The highest BCUT2D eigenvalue weighted by Crippen LogP contribution is 2.38. The van der Waals surface area contributed by atoms with E-state index in [1.807, 2.05) is 12.1 Å². The summed E-state index contributed by atoms with van der Waals surface area (Å²) >= 11 is 1.27. The number of carbonyl (C=O) groups excluding carboxylic acids is 1. The normalized spacial score (nSPS) is 16.0. The van der Waals surface area contributed by atoms with E-state index in [9.17, 15) is 19.8 Å². The fraction of sp³-hybridized carbons (Fsp3) is 0.273. The van der Waals surface area contributed by atoms with E-state index in [1.165, 1.54) is 17.6 Å². The average Bonchev–Trinajstić information content (AvgIpc) is 3.44. The third kappa shape index (κ3) is 4.08. The molecule has 1 saturated heterocycles. The van der Waals surface area contributed by atoms with Gasteiger partial charge in [0.1, 0.15) is 16.6 Å². The van der Waals surface area contributed by atoms with Gasteiger partial charge < -0.3 is 24.9 Å². The minimum absolute atomic E-state index is 0.0492. The molecule has 0 radical (unpaired) electrons. The summed E-state index contributed by atoms with van der Waals surface area (Å²) in [6, 6.07) is 8.82. The topological polar surface area (TPSA) is 139 Å². The minimum atomic E-state index is -0.618. The second kappa shape index (κ2) is 9.21. The number of aromatic hydroxyl groups is 1. The molecule has 0 bridgehead atoms. The summed E-state index contributed by atoms with van der Waals surface area (Å²) in [5, 5.41) is 34.9. The quantitative estimate of drug-likeness (QED) is 0.387. The van der Waals surface area contributed by atoms with Gasteiger partial charge in [-0.15, -0.1) is 11.3 Å². The fourth-order valence-corrected chi connectivity index (χ4v) is 4.74. The van der Waals surface area contributed by atoms with Gasteiger partial charge in [-0.1, -0.05) is 29.4 Å². The van der Waals surface area contributed by atoms with Crippen molar-refractivity contribution in [1.29, 1.82) is 5.26 Å². The number of nitrogens with one attached hydrogen (secondary N) is 1. The van der Waals surface area contributed by atoms with E-state index in [0.29, 0.717) is 22.3 Å². The zero-order valence-corrected chi connectivity index (χ0v) is 17.8. The number of H-pyrrole nitrogens is 1. The summed E-state index contributed by atoms with van der Waals surface area (Å²) in [7, 11) is 0. The van der Waals surface area contributed by atoms with Gasteiger partial charge in [0.05, 0.1) is 24.2 Å². The number of fused-ring (bicyclic) bond motifs is 1. The number of aromatic nitrogens is 1. The van der Waals surface area contributed by atoms with Crippen LogP contribution in [0.15, 0.2) is 39.6 Å². The van der Waals surface area contributed by atoms with Gasteiger partial charge in [0.15, 0.2) is 12.2 Å². The minimum Gasteiger partial charge on any atom is -0.506 e. The first-order valence-electron chi connectivity index (χ1n) is 9.96. The molecule has 1 aliphatic heterocycles. The Kier molecular flexibility index (Phi) is 6.20. The maximum atomic E-state index is 12.2. The van der Waals surface area contributed by atoms with Crippen molar-refractivity contribution in [3.63, 3.8) is 0 Å². The van der Waals surface area contributed by atoms with E-state index < -0.39 is 5.56 Å². The van der Waals surface area contributed by atoms with Crippen molar-refractivity contribution in [2.45, 2.75) is 18.9 Å². The Labute approximate surface area is 186 Å². The van der Waals surface area contributed by atoms with Crippen molar-refractivity contribution in [1.82, 2.24) is 9.88 Å². The monoisotopic (exact) mass is 452 g/mol. The van der Waals surface area contributed by atoms with Crippen LogP contribution in [0.4, 0.5) is 0 Å². The molecule has 3 heterocycles. The standard InChI is InChI=1S/C22H20N4O5S/c23-8-16-20(29)19-17(12-32-22(19)25-21(16)30)14-5-3-13(4-6-14)9-24-31-11-18(28)26-7-1-2-15(26)10-27/h3-6,9,12,15,27H,1-2,7,10-11H2,(H2,25,29,30)/b24-9+/t15-/m1/s1. The molecule has 2 aromatic heterocycles. The molecule has 32 heavy (non-hydrogen) atoms. The van der Waals surface area contributed by atoms with E-state index in [4.69, 9.17) is 10.1 Å². The third-order valence-electron chi connectivity index (χ3n) is 5.42. The molecule has 1 aromatic carbocycles. The van der Waals surface area contributed by atoms with Gasteiger partial charge >= 0.3 is 0 Å². The summed E-state index contributed by atoms with van der Waals surface area (Å²) in [5.41, 5.74) is 1.30. The summed E-state index contributed by atoms with van der Waals surface area (Å²) in [6.07, 6.45) is 3.15. The summed E-state index contributed by atoms with van der Waals surface area (Å²) < 4.78 is 0. The number of aromatic amines is 1. The summed E-state index contributed by atoms with van der Waals surface area (Å²) in [6.45, 7) is 0.381. The molecule has 0 aliphatic carbocycles. The zero-order valence-electron chi connectivity index (χ0n) is 16.9. The average molecular weight is 452 g/mol. The maximum absolute atomic E-state index is 12.2. The first-order valence-corrected chi connectivity index (χ1v) is 10.8.